The molecule has 1 amide bonds. The first-order valence-corrected chi connectivity index (χ1v) is 9.01. The number of hydrogen-bond acceptors (Lipinski definition) is 4. The van der Waals surface area contributed by atoms with E-state index in [1.54, 1.807) is 17.1 Å². The lowest BCUT2D eigenvalue weighted by molar-refractivity contribution is -0.122. The first kappa shape index (κ1) is 21.1. The van der Waals surface area contributed by atoms with E-state index in [1.807, 2.05) is 31.3 Å². The molecule has 0 spiro atoms. The van der Waals surface area contributed by atoms with Crippen LogP contribution in [0.4, 0.5) is 0 Å². The Morgan fingerprint density at radius 2 is 2.07 bits per heavy atom. The van der Waals surface area contributed by atoms with Crippen molar-refractivity contribution in [1.82, 2.24) is 30.7 Å². The fraction of sp³-hybridized carbons (Fsp3) is 0.444. The summed E-state index contributed by atoms with van der Waals surface area (Å²) in [5.41, 5.74) is 1.05. The molecule has 0 saturated heterocycles. The molecule has 3 N–H and O–H groups in total. The molecule has 3 rings (SSSR count). The minimum absolute atomic E-state index is 0. The van der Waals surface area contributed by atoms with E-state index in [-0.39, 0.29) is 35.8 Å². The normalized spacial score (nSPS) is 13.6. The van der Waals surface area contributed by atoms with Crippen molar-refractivity contribution >= 4 is 35.8 Å². The second kappa shape index (κ2) is 10.9. The number of amides is 1. The van der Waals surface area contributed by atoms with E-state index in [9.17, 15) is 4.79 Å². The van der Waals surface area contributed by atoms with Gasteiger partial charge in [0.05, 0.1) is 6.54 Å². The molecule has 0 bridgehead atoms. The van der Waals surface area contributed by atoms with Gasteiger partial charge in [0.1, 0.15) is 0 Å². The zero-order chi connectivity index (χ0) is 18.2. The molecule has 1 aliphatic rings. The molecule has 0 radical (unpaired) electrons. The molecule has 0 unspecified atom stereocenters. The Labute approximate surface area is 176 Å². The number of nitrogens with one attached hydrogen (secondary N) is 3. The Bertz CT molecular complexity index is 744. The van der Waals surface area contributed by atoms with Crippen LogP contribution in [-0.4, -0.2) is 46.3 Å². The Kier molecular flexibility index (Phi) is 8.49. The predicted molar refractivity (Wildman–Crippen MR) is 115 cm³/mol. The number of aliphatic imine (C=N–C) groups is 1. The summed E-state index contributed by atoms with van der Waals surface area (Å²) in [5.74, 6) is 1.90. The highest BCUT2D eigenvalue weighted by Crippen LogP contribution is 2.28. The van der Waals surface area contributed by atoms with Gasteiger partial charge >= 0.3 is 0 Å². The molecule has 146 valence electrons. The number of carbonyl (C=O) groups is 1. The van der Waals surface area contributed by atoms with Crippen LogP contribution in [0.3, 0.4) is 0 Å². The number of guanidine groups is 1. The summed E-state index contributed by atoms with van der Waals surface area (Å²) in [6.45, 7) is 4.56. The number of carbonyl (C=O) groups excluding carboxylic acids is 1. The number of halogens is 1. The van der Waals surface area contributed by atoms with Crippen molar-refractivity contribution in [2.45, 2.75) is 26.3 Å². The third kappa shape index (κ3) is 6.81. The molecule has 9 heteroatoms. The van der Waals surface area contributed by atoms with Crippen LogP contribution in [0.25, 0.3) is 5.82 Å². The molecular weight excluding hydrogens is 457 g/mol. The van der Waals surface area contributed by atoms with Crippen LogP contribution in [-0.2, 0) is 11.3 Å². The van der Waals surface area contributed by atoms with Gasteiger partial charge < -0.3 is 16.0 Å². The van der Waals surface area contributed by atoms with Gasteiger partial charge in [0.25, 0.3) is 0 Å². The Hall–Kier alpha value is -2.17. The fourth-order valence-corrected chi connectivity index (χ4v) is 2.46. The molecule has 1 aliphatic carbocycles. The molecule has 0 aromatic carbocycles. The average Bonchev–Trinajstić information content (AvgIpc) is 3.37. The van der Waals surface area contributed by atoms with Crippen molar-refractivity contribution in [3.05, 3.63) is 42.4 Å². The summed E-state index contributed by atoms with van der Waals surface area (Å²) >= 11 is 0. The third-order valence-electron chi connectivity index (χ3n) is 3.98. The number of nitrogens with zero attached hydrogens (tertiary/aromatic N) is 4. The average molecular weight is 483 g/mol. The fourth-order valence-electron chi connectivity index (χ4n) is 2.46. The van der Waals surface area contributed by atoms with Gasteiger partial charge in [-0.25, -0.2) is 14.7 Å². The van der Waals surface area contributed by atoms with Gasteiger partial charge in [-0.15, -0.1) is 24.0 Å². The highest BCUT2D eigenvalue weighted by atomic mass is 127. The summed E-state index contributed by atoms with van der Waals surface area (Å²) < 4.78 is 1.72. The quantitative estimate of drug-likeness (QED) is 0.229. The number of rotatable bonds is 8. The summed E-state index contributed by atoms with van der Waals surface area (Å²) in [5, 5.41) is 13.6. The molecule has 0 aliphatic heterocycles. The van der Waals surface area contributed by atoms with Crippen molar-refractivity contribution < 1.29 is 4.79 Å². The highest BCUT2D eigenvalue weighted by Gasteiger charge is 2.28. The lowest BCUT2D eigenvalue weighted by Gasteiger charge is -2.12. The van der Waals surface area contributed by atoms with Gasteiger partial charge in [-0.1, -0.05) is 0 Å². The van der Waals surface area contributed by atoms with E-state index < -0.39 is 0 Å². The van der Waals surface area contributed by atoms with E-state index >= 15 is 0 Å². The van der Waals surface area contributed by atoms with Crippen LogP contribution in [0, 0.1) is 5.92 Å². The first-order valence-electron chi connectivity index (χ1n) is 9.01. The Balaban J connectivity index is 0.00000261. The second-order valence-electron chi connectivity index (χ2n) is 6.16. The van der Waals surface area contributed by atoms with Gasteiger partial charge in [-0.05, 0) is 43.5 Å². The van der Waals surface area contributed by atoms with Gasteiger partial charge in [-0.2, -0.15) is 5.10 Å². The van der Waals surface area contributed by atoms with Crippen LogP contribution in [0.15, 0.2) is 41.8 Å². The predicted octanol–water partition coefficient (Wildman–Crippen LogP) is 1.47. The maximum Gasteiger partial charge on any atom is 0.223 e. The van der Waals surface area contributed by atoms with Gasteiger partial charge in [0.15, 0.2) is 11.8 Å². The van der Waals surface area contributed by atoms with Crippen LogP contribution >= 0.6 is 24.0 Å². The van der Waals surface area contributed by atoms with Crippen LogP contribution in [0.1, 0.15) is 25.3 Å². The number of aromatic nitrogens is 3. The maximum atomic E-state index is 11.6. The summed E-state index contributed by atoms with van der Waals surface area (Å²) in [4.78, 5) is 20.5. The van der Waals surface area contributed by atoms with Gasteiger partial charge in [0, 0.05) is 44.1 Å². The van der Waals surface area contributed by atoms with Crippen molar-refractivity contribution in [2.75, 3.05) is 19.6 Å². The van der Waals surface area contributed by atoms with E-state index in [1.165, 1.54) is 0 Å². The molecule has 27 heavy (non-hydrogen) atoms. The van der Waals surface area contributed by atoms with Crippen LogP contribution in [0.5, 0.6) is 0 Å². The van der Waals surface area contributed by atoms with Gasteiger partial charge in [0.2, 0.25) is 5.91 Å². The van der Waals surface area contributed by atoms with Crippen molar-refractivity contribution in [1.29, 1.82) is 0 Å². The molecule has 0 atom stereocenters. The van der Waals surface area contributed by atoms with E-state index in [0.717, 1.165) is 36.7 Å². The summed E-state index contributed by atoms with van der Waals surface area (Å²) in [6, 6.07) is 5.77. The van der Waals surface area contributed by atoms with Gasteiger partial charge in [-0.3, -0.25) is 4.79 Å². The zero-order valence-corrected chi connectivity index (χ0v) is 17.7. The molecule has 1 saturated carbocycles. The topological polar surface area (TPSA) is 96.2 Å². The largest absolute Gasteiger partial charge is 0.357 e. The minimum atomic E-state index is 0. The van der Waals surface area contributed by atoms with Crippen molar-refractivity contribution in [3.8, 4) is 5.82 Å². The molecule has 2 heterocycles. The minimum Gasteiger partial charge on any atom is -0.357 e. The number of hydrogen-bond donors (Lipinski definition) is 3. The van der Waals surface area contributed by atoms with E-state index in [0.29, 0.717) is 19.6 Å². The summed E-state index contributed by atoms with van der Waals surface area (Å²) in [6.07, 6.45) is 7.39. The third-order valence-corrected chi connectivity index (χ3v) is 3.98. The standard InChI is InChI=1S/C18H25N7O.HI/c1-2-19-18(22-10-9-21-17(26)15-4-5-15)23-13-14-6-8-20-16(12-14)25-11-3-7-24-25;/h3,6-8,11-12,15H,2,4-5,9-10,13H2,1H3,(H,21,26)(H2,19,22,23);1H. The van der Waals surface area contributed by atoms with Crippen LogP contribution < -0.4 is 16.0 Å². The van der Waals surface area contributed by atoms with Crippen LogP contribution in [0.2, 0.25) is 0 Å². The van der Waals surface area contributed by atoms with Crippen molar-refractivity contribution in [2.24, 2.45) is 10.9 Å². The molecule has 1 fully saturated rings. The smallest absolute Gasteiger partial charge is 0.223 e. The molecular formula is C18H26IN7O. The highest BCUT2D eigenvalue weighted by molar-refractivity contribution is 14.0. The Morgan fingerprint density at radius 3 is 2.78 bits per heavy atom. The first-order chi connectivity index (χ1) is 12.8. The monoisotopic (exact) mass is 483 g/mol. The lowest BCUT2D eigenvalue weighted by atomic mass is 10.2. The van der Waals surface area contributed by atoms with E-state index in [2.05, 4.69) is 31.0 Å². The maximum absolute atomic E-state index is 11.6. The SMILES string of the molecule is CCNC(=NCc1ccnc(-n2cccn2)c1)NCCNC(=O)C1CC1.I. The molecule has 2 aromatic rings. The Morgan fingerprint density at radius 1 is 1.26 bits per heavy atom. The van der Waals surface area contributed by atoms with Crippen molar-refractivity contribution in [3.63, 3.8) is 0 Å². The molecule has 8 nitrogen and oxygen atoms in total. The lowest BCUT2D eigenvalue weighted by Crippen LogP contribution is -2.41. The second-order valence-corrected chi connectivity index (χ2v) is 6.16. The molecule has 2 aromatic heterocycles. The number of pyridine rings is 1. The van der Waals surface area contributed by atoms with E-state index in [4.69, 9.17) is 0 Å². The zero-order valence-electron chi connectivity index (χ0n) is 15.4. The summed E-state index contributed by atoms with van der Waals surface area (Å²) in [7, 11) is 0.